The van der Waals surface area contributed by atoms with E-state index < -0.39 is 11.0 Å². The number of nitro benzene ring substituents is 1. The third-order valence-electron chi connectivity index (χ3n) is 3.53. The zero-order chi connectivity index (χ0) is 16.9. The number of aromatic nitrogens is 2. The molecule has 0 saturated carbocycles. The molecule has 3 rings (SSSR count). The van der Waals surface area contributed by atoms with Gasteiger partial charge in [-0.25, -0.2) is 14.8 Å². The number of hydrogen-bond donors (Lipinski definition) is 1. The van der Waals surface area contributed by atoms with E-state index in [0.29, 0.717) is 11.6 Å². The summed E-state index contributed by atoms with van der Waals surface area (Å²) >= 11 is 0. The number of rotatable bonds is 4. The van der Waals surface area contributed by atoms with Crippen LogP contribution in [0.3, 0.4) is 0 Å². The molecule has 124 valence electrons. The van der Waals surface area contributed by atoms with Crippen molar-refractivity contribution < 1.29 is 14.5 Å². The molecule has 1 aliphatic rings. The molecule has 0 unspecified atom stereocenters. The number of amides is 1. The zero-order valence-electron chi connectivity index (χ0n) is 12.7. The molecule has 0 atom stereocenters. The van der Waals surface area contributed by atoms with E-state index in [1.165, 1.54) is 36.7 Å². The topological polar surface area (TPSA) is 110 Å². The van der Waals surface area contributed by atoms with Crippen molar-refractivity contribution in [2.45, 2.75) is 12.8 Å². The first-order chi connectivity index (χ1) is 11.6. The fourth-order valence-electron chi connectivity index (χ4n) is 2.35. The summed E-state index contributed by atoms with van der Waals surface area (Å²) in [6.45, 7) is 1.88. The summed E-state index contributed by atoms with van der Waals surface area (Å²) in [6, 6.07) is 5.22. The van der Waals surface area contributed by atoms with Crippen molar-refractivity contribution in [1.29, 1.82) is 0 Å². The van der Waals surface area contributed by atoms with E-state index in [1.54, 1.807) is 0 Å². The van der Waals surface area contributed by atoms with Gasteiger partial charge in [-0.3, -0.25) is 15.4 Å². The van der Waals surface area contributed by atoms with Crippen LogP contribution in [0.1, 0.15) is 12.8 Å². The minimum atomic E-state index is -0.721. The first-order valence-electron chi connectivity index (χ1n) is 7.42. The molecule has 1 aromatic carbocycles. The highest BCUT2D eigenvalue weighted by molar-refractivity contribution is 5.85. The average molecular weight is 329 g/mol. The van der Waals surface area contributed by atoms with Gasteiger partial charge < -0.3 is 9.64 Å². The van der Waals surface area contributed by atoms with Crippen molar-refractivity contribution in [1.82, 2.24) is 9.97 Å². The Balaban J connectivity index is 1.57. The Hall–Kier alpha value is -3.23. The van der Waals surface area contributed by atoms with E-state index in [9.17, 15) is 14.9 Å². The second kappa shape index (κ2) is 6.90. The molecule has 0 aliphatic carbocycles. The minimum Gasteiger partial charge on any atom is -0.410 e. The van der Waals surface area contributed by atoms with Gasteiger partial charge in [-0.05, 0) is 25.0 Å². The zero-order valence-corrected chi connectivity index (χ0v) is 12.7. The monoisotopic (exact) mass is 329 g/mol. The molecule has 9 heteroatoms. The number of hydrogen-bond acceptors (Lipinski definition) is 7. The van der Waals surface area contributed by atoms with Gasteiger partial charge in [0, 0.05) is 25.2 Å². The van der Waals surface area contributed by atoms with E-state index in [1.807, 2.05) is 0 Å². The molecule has 1 amide bonds. The summed E-state index contributed by atoms with van der Waals surface area (Å²) in [4.78, 5) is 32.4. The van der Waals surface area contributed by atoms with Crippen LogP contribution in [-0.2, 0) is 0 Å². The number of anilines is 2. The lowest BCUT2D eigenvalue weighted by atomic mass is 10.3. The lowest BCUT2D eigenvalue weighted by Gasteiger charge is -2.14. The number of carbonyl (C=O) groups excluding carboxylic acids is 1. The van der Waals surface area contributed by atoms with Crippen LogP contribution in [-0.4, -0.2) is 34.1 Å². The summed E-state index contributed by atoms with van der Waals surface area (Å²) in [5.74, 6) is 0.842. The van der Waals surface area contributed by atoms with Gasteiger partial charge in [0.15, 0.2) is 0 Å². The lowest BCUT2D eigenvalue weighted by molar-refractivity contribution is -0.384. The van der Waals surface area contributed by atoms with Crippen molar-refractivity contribution in [3.63, 3.8) is 0 Å². The van der Waals surface area contributed by atoms with Crippen LogP contribution in [0.5, 0.6) is 5.75 Å². The Kier molecular flexibility index (Phi) is 4.50. The Bertz CT molecular complexity index is 727. The molecule has 0 spiro atoms. The van der Waals surface area contributed by atoms with Crippen LogP contribution in [0.25, 0.3) is 0 Å². The normalized spacial score (nSPS) is 13.6. The molecule has 1 aromatic heterocycles. The molecule has 1 aliphatic heterocycles. The molecular formula is C15H15N5O4. The molecule has 0 bridgehead atoms. The highest BCUT2D eigenvalue weighted by Crippen LogP contribution is 2.19. The van der Waals surface area contributed by atoms with Gasteiger partial charge >= 0.3 is 6.09 Å². The smallest absolute Gasteiger partial charge is 0.410 e. The molecule has 0 radical (unpaired) electrons. The molecule has 2 heterocycles. The van der Waals surface area contributed by atoms with Gasteiger partial charge in [-0.1, -0.05) is 0 Å². The molecule has 24 heavy (non-hydrogen) atoms. The maximum Gasteiger partial charge on any atom is 0.417 e. The van der Waals surface area contributed by atoms with Gasteiger partial charge in [-0.15, -0.1) is 0 Å². The summed E-state index contributed by atoms with van der Waals surface area (Å²) in [6.07, 6.45) is 4.56. The summed E-state index contributed by atoms with van der Waals surface area (Å²) in [5.41, 5.74) is 0.332. The van der Waals surface area contributed by atoms with Gasteiger partial charge in [0.05, 0.1) is 23.0 Å². The minimum absolute atomic E-state index is 0.0753. The first kappa shape index (κ1) is 15.7. The predicted molar refractivity (Wildman–Crippen MR) is 86.2 cm³/mol. The van der Waals surface area contributed by atoms with E-state index in [4.69, 9.17) is 4.74 Å². The van der Waals surface area contributed by atoms with Crippen LogP contribution in [0.2, 0.25) is 0 Å². The van der Waals surface area contributed by atoms with E-state index >= 15 is 0 Å². The first-order valence-corrected chi connectivity index (χ1v) is 7.42. The maximum absolute atomic E-state index is 11.8. The highest BCUT2D eigenvalue weighted by atomic mass is 16.6. The van der Waals surface area contributed by atoms with Crippen molar-refractivity contribution in [3.8, 4) is 5.75 Å². The standard InChI is InChI=1S/C15H15N5O4/c21-15(24-13-5-3-12(4-6-13)20(22)23)18-11-9-16-14(17-10-11)19-7-1-2-8-19/h3-6,9-10H,1-2,7-8H2,(H,18,21). The van der Waals surface area contributed by atoms with Gasteiger partial charge in [0.2, 0.25) is 5.95 Å². The Labute approximate surface area is 137 Å². The number of nitrogens with zero attached hydrogens (tertiary/aromatic N) is 4. The van der Waals surface area contributed by atoms with Crippen LogP contribution >= 0.6 is 0 Å². The average Bonchev–Trinajstić information content (AvgIpc) is 3.10. The molecule has 2 aromatic rings. The lowest BCUT2D eigenvalue weighted by Crippen LogP contribution is -2.21. The summed E-state index contributed by atoms with van der Waals surface area (Å²) in [5, 5.41) is 13.1. The Morgan fingerprint density at radius 1 is 1.17 bits per heavy atom. The predicted octanol–water partition coefficient (Wildman–Crippen LogP) is 2.60. The van der Waals surface area contributed by atoms with Gasteiger partial charge in [0.1, 0.15) is 5.75 Å². The second-order valence-corrected chi connectivity index (χ2v) is 5.23. The number of ether oxygens (including phenoxy) is 1. The third-order valence-corrected chi connectivity index (χ3v) is 3.53. The van der Waals surface area contributed by atoms with Crippen LogP contribution in [0.15, 0.2) is 36.7 Å². The molecule has 1 fully saturated rings. The van der Waals surface area contributed by atoms with Gasteiger partial charge in [-0.2, -0.15) is 0 Å². The van der Waals surface area contributed by atoms with Crippen molar-refractivity contribution in [2.75, 3.05) is 23.3 Å². The van der Waals surface area contributed by atoms with E-state index in [2.05, 4.69) is 20.2 Å². The third kappa shape index (κ3) is 3.75. The van der Waals surface area contributed by atoms with Crippen molar-refractivity contribution in [2.24, 2.45) is 0 Å². The van der Waals surface area contributed by atoms with Crippen LogP contribution in [0.4, 0.5) is 22.1 Å². The maximum atomic E-state index is 11.8. The number of carbonyl (C=O) groups is 1. The summed E-state index contributed by atoms with van der Waals surface area (Å²) < 4.78 is 5.04. The Morgan fingerprint density at radius 2 is 1.79 bits per heavy atom. The van der Waals surface area contributed by atoms with E-state index in [0.717, 1.165) is 25.9 Å². The van der Waals surface area contributed by atoms with E-state index in [-0.39, 0.29) is 11.4 Å². The quantitative estimate of drug-likeness (QED) is 0.678. The summed E-state index contributed by atoms with van der Waals surface area (Å²) in [7, 11) is 0. The molecule has 9 nitrogen and oxygen atoms in total. The largest absolute Gasteiger partial charge is 0.417 e. The molecule has 1 N–H and O–H groups in total. The number of nitro groups is 1. The number of non-ortho nitro benzene ring substituents is 1. The fraction of sp³-hybridized carbons (Fsp3) is 0.267. The van der Waals surface area contributed by atoms with Gasteiger partial charge in [0.25, 0.3) is 5.69 Å². The fourth-order valence-corrected chi connectivity index (χ4v) is 2.35. The van der Waals surface area contributed by atoms with Crippen LogP contribution < -0.4 is 15.0 Å². The van der Waals surface area contributed by atoms with Crippen molar-refractivity contribution in [3.05, 3.63) is 46.8 Å². The molecular weight excluding hydrogens is 314 g/mol. The van der Waals surface area contributed by atoms with Crippen molar-refractivity contribution >= 4 is 23.4 Å². The SMILES string of the molecule is O=C(Nc1cnc(N2CCCC2)nc1)Oc1ccc([N+](=O)[O-])cc1. The number of benzene rings is 1. The molecule has 1 saturated heterocycles. The van der Waals surface area contributed by atoms with Crippen LogP contribution in [0, 0.1) is 10.1 Å². The Morgan fingerprint density at radius 3 is 2.38 bits per heavy atom. The highest BCUT2D eigenvalue weighted by Gasteiger charge is 2.15. The number of nitrogens with one attached hydrogen (secondary N) is 1. The second-order valence-electron chi connectivity index (χ2n) is 5.23.